The summed E-state index contributed by atoms with van der Waals surface area (Å²) in [6.45, 7) is 0. The Morgan fingerprint density at radius 1 is 1.24 bits per heavy atom. The summed E-state index contributed by atoms with van der Waals surface area (Å²) in [5.74, 6) is 3.59. The third-order valence-corrected chi connectivity index (χ3v) is 5.74. The van der Waals surface area contributed by atoms with Gasteiger partial charge in [0.25, 0.3) is 0 Å². The van der Waals surface area contributed by atoms with Gasteiger partial charge in [0.1, 0.15) is 11.9 Å². The molecule has 6 heteroatoms. The van der Waals surface area contributed by atoms with E-state index in [0.717, 1.165) is 28.6 Å². The van der Waals surface area contributed by atoms with E-state index in [2.05, 4.69) is 10.5 Å². The molecule has 0 unspecified atom stereocenters. The molecule has 4 nitrogen and oxygen atoms in total. The van der Waals surface area contributed by atoms with E-state index in [1.165, 1.54) is 4.90 Å². The first-order valence-corrected chi connectivity index (χ1v) is 10.3. The van der Waals surface area contributed by atoms with Gasteiger partial charge in [-0.1, -0.05) is 30.3 Å². The third kappa shape index (κ3) is 6.14. The van der Waals surface area contributed by atoms with Gasteiger partial charge in [-0.3, -0.25) is 4.79 Å². The lowest BCUT2D eigenvalue weighted by atomic mass is 10.2. The van der Waals surface area contributed by atoms with Crippen LogP contribution in [0.5, 0.6) is 5.75 Å². The van der Waals surface area contributed by atoms with E-state index >= 15 is 0 Å². The van der Waals surface area contributed by atoms with Crippen molar-refractivity contribution in [1.29, 1.82) is 0 Å². The maximum atomic E-state index is 11.8. The van der Waals surface area contributed by atoms with Gasteiger partial charge in [0.15, 0.2) is 0 Å². The van der Waals surface area contributed by atoms with Crippen molar-refractivity contribution >= 4 is 35.6 Å². The van der Waals surface area contributed by atoms with Gasteiger partial charge in [0, 0.05) is 28.6 Å². The van der Waals surface area contributed by atoms with E-state index in [0.29, 0.717) is 12.5 Å². The molecular formula is C19H20N2O2S2. The molecule has 0 aliphatic carbocycles. The van der Waals surface area contributed by atoms with Crippen molar-refractivity contribution in [3.8, 4) is 5.75 Å². The minimum absolute atomic E-state index is 0.0846. The number of carbonyl (C=O) groups is 1. The fraction of sp³-hybridized carbons (Fsp3) is 0.263. The molecule has 1 N–H and O–H groups in total. The highest BCUT2D eigenvalue weighted by Crippen LogP contribution is 2.24. The summed E-state index contributed by atoms with van der Waals surface area (Å²) in [6, 6.07) is 17.8. The summed E-state index contributed by atoms with van der Waals surface area (Å²) in [5, 5.41) is 4.03. The Morgan fingerprint density at radius 2 is 2.08 bits per heavy atom. The highest BCUT2D eigenvalue weighted by atomic mass is 32.2. The van der Waals surface area contributed by atoms with Gasteiger partial charge in [0.2, 0.25) is 5.91 Å². The summed E-state index contributed by atoms with van der Waals surface area (Å²) in [6.07, 6.45) is 2.39. The van der Waals surface area contributed by atoms with Crippen LogP contribution in [0.25, 0.3) is 0 Å². The van der Waals surface area contributed by atoms with Crippen LogP contribution in [0.1, 0.15) is 12.0 Å². The van der Waals surface area contributed by atoms with Crippen molar-refractivity contribution in [1.82, 2.24) is 5.43 Å². The van der Waals surface area contributed by atoms with Crippen molar-refractivity contribution in [3.63, 3.8) is 0 Å². The maximum Gasteiger partial charge on any atom is 0.240 e. The van der Waals surface area contributed by atoms with E-state index < -0.39 is 0 Å². The molecule has 0 atom stereocenters. The maximum absolute atomic E-state index is 11.8. The fourth-order valence-electron chi connectivity index (χ4n) is 2.16. The second kappa shape index (κ2) is 9.53. The first kappa shape index (κ1) is 17.9. The van der Waals surface area contributed by atoms with Crippen molar-refractivity contribution in [2.45, 2.75) is 17.4 Å². The van der Waals surface area contributed by atoms with Gasteiger partial charge >= 0.3 is 0 Å². The zero-order valence-corrected chi connectivity index (χ0v) is 15.4. The summed E-state index contributed by atoms with van der Waals surface area (Å²) < 4.78 is 5.84. The highest BCUT2D eigenvalue weighted by molar-refractivity contribution is 8.00. The predicted molar refractivity (Wildman–Crippen MR) is 106 cm³/mol. The lowest BCUT2D eigenvalue weighted by Crippen LogP contribution is -2.31. The molecule has 1 amide bonds. The number of hydrogen-bond acceptors (Lipinski definition) is 5. The largest absolute Gasteiger partial charge is 0.489 e. The van der Waals surface area contributed by atoms with Gasteiger partial charge in [0.05, 0.1) is 6.21 Å². The fourth-order valence-corrected chi connectivity index (χ4v) is 3.59. The predicted octanol–water partition coefficient (Wildman–Crippen LogP) is 3.81. The Hall–Kier alpha value is -1.92. The van der Waals surface area contributed by atoms with Crippen molar-refractivity contribution in [2.75, 3.05) is 17.3 Å². The lowest BCUT2D eigenvalue weighted by Gasteiger charge is -2.25. The molecule has 0 spiro atoms. The van der Waals surface area contributed by atoms with Crippen molar-refractivity contribution in [2.24, 2.45) is 5.10 Å². The van der Waals surface area contributed by atoms with E-state index in [1.807, 2.05) is 66.4 Å². The minimum atomic E-state index is -0.0846. The summed E-state index contributed by atoms with van der Waals surface area (Å²) in [7, 11) is 0. The summed E-state index contributed by atoms with van der Waals surface area (Å²) >= 11 is 3.55. The number of amides is 1. The molecule has 25 heavy (non-hydrogen) atoms. The number of thioether (sulfide) groups is 2. The third-order valence-electron chi connectivity index (χ3n) is 3.51. The van der Waals surface area contributed by atoms with Crippen LogP contribution in [0.2, 0.25) is 0 Å². The van der Waals surface area contributed by atoms with E-state index in [4.69, 9.17) is 4.74 Å². The Balaban J connectivity index is 1.39. The van der Waals surface area contributed by atoms with Gasteiger partial charge in [-0.05, 0) is 29.8 Å². The Labute approximate surface area is 156 Å². The summed E-state index contributed by atoms with van der Waals surface area (Å²) in [5.41, 5.74) is 3.48. The molecule has 0 aromatic heterocycles. The first-order chi connectivity index (χ1) is 12.3. The number of carbonyl (C=O) groups excluding carboxylic acids is 1. The molecule has 1 saturated heterocycles. The van der Waals surface area contributed by atoms with Crippen LogP contribution < -0.4 is 10.2 Å². The van der Waals surface area contributed by atoms with Crippen LogP contribution in [-0.4, -0.2) is 35.5 Å². The van der Waals surface area contributed by atoms with Gasteiger partial charge in [-0.15, -0.1) is 11.8 Å². The second-order valence-corrected chi connectivity index (χ2v) is 7.80. The monoisotopic (exact) mass is 372 g/mol. The molecule has 1 aliphatic heterocycles. The number of rotatable bonds is 8. The molecule has 1 heterocycles. The number of nitrogens with zero attached hydrogens (tertiary/aromatic N) is 1. The SMILES string of the molecule is O=C(CCSc1ccccc1)N/N=C\c1cccc(OC2CSC2)c1. The number of hydrogen-bond donors (Lipinski definition) is 1. The van der Waals surface area contributed by atoms with Crippen LogP contribution in [0.4, 0.5) is 0 Å². The van der Waals surface area contributed by atoms with Crippen molar-refractivity contribution in [3.05, 3.63) is 60.2 Å². The molecule has 0 radical (unpaired) electrons. The van der Waals surface area contributed by atoms with Crippen LogP contribution in [-0.2, 0) is 4.79 Å². The normalized spacial score (nSPS) is 14.2. The van der Waals surface area contributed by atoms with Gasteiger partial charge < -0.3 is 4.74 Å². The molecule has 3 rings (SSSR count). The number of ether oxygens (including phenoxy) is 1. The van der Waals surface area contributed by atoms with E-state index in [1.54, 1.807) is 18.0 Å². The van der Waals surface area contributed by atoms with Crippen LogP contribution in [0, 0.1) is 0 Å². The van der Waals surface area contributed by atoms with Gasteiger partial charge in [-0.2, -0.15) is 16.9 Å². The number of benzene rings is 2. The topological polar surface area (TPSA) is 50.7 Å². The molecular weight excluding hydrogens is 352 g/mol. The minimum Gasteiger partial charge on any atom is -0.489 e. The van der Waals surface area contributed by atoms with Gasteiger partial charge in [-0.25, -0.2) is 5.43 Å². The molecule has 1 aliphatic rings. The quantitative estimate of drug-likeness (QED) is 0.435. The van der Waals surface area contributed by atoms with Crippen LogP contribution in [0.3, 0.4) is 0 Å². The van der Waals surface area contributed by atoms with E-state index in [9.17, 15) is 4.79 Å². The zero-order valence-electron chi connectivity index (χ0n) is 13.8. The van der Waals surface area contributed by atoms with Crippen LogP contribution in [0.15, 0.2) is 64.6 Å². The lowest BCUT2D eigenvalue weighted by molar-refractivity contribution is -0.120. The van der Waals surface area contributed by atoms with Crippen LogP contribution >= 0.6 is 23.5 Å². The Kier molecular flexibility index (Phi) is 6.82. The van der Waals surface area contributed by atoms with E-state index in [-0.39, 0.29) is 5.91 Å². The highest BCUT2D eigenvalue weighted by Gasteiger charge is 2.19. The zero-order chi connectivity index (χ0) is 17.3. The Bertz CT molecular complexity index is 718. The average molecular weight is 373 g/mol. The smallest absolute Gasteiger partial charge is 0.240 e. The molecule has 0 saturated carbocycles. The second-order valence-electron chi connectivity index (χ2n) is 5.55. The molecule has 2 aromatic rings. The van der Waals surface area contributed by atoms with Crippen molar-refractivity contribution < 1.29 is 9.53 Å². The Morgan fingerprint density at radius 3 is 2.84 bits per heavy atom. The molecule has 1 fully saturated rings. The molecule has 130 valence electrons. The molecule has 0 bridgehead atoms. The summed E-state index contributed by atoms with van der Waals surface area (Å²) in [4.78, 5) is 13.0. The first-order valence-electron chi connectivity index (χ1n) is 8.14. The number of nitrogens with one attached hydrogen (secondary N) is 1. The number of hydrazone groups is 1. The average Bonchev–Trinajstić information content (AvgIpc) is 2.60. The molecule has 2 aromatic carbocycles. The standard InChI is InChI=1S/C19H20N2O2S2/c22-19(9-10-25-18-7-2-1-3-8-18)21-20-12-15-5-4-6-16(11-15)23-17-13-24-14-17/h1-8,11-12,17H,9-10,13-14H2,(H,21,22)/b20-12-.